The molecule has 3 aromatic carbocycles. The van der Waals surface area contributed by atoms with Gasteiger partial charge in [0.1, 0.15) is 11.0 Å². The summed E-state index contributed by atoms with van der Waals surface area (Å²) in [5.74, 6) is -0.0259. The molecular formula is C20H18O3S. The van der Waals surface area contributed by atoms with Crippen LogP contribution in [0, 0.1) is 6.92 Å². The van der Waals surface area contributed by atoms with Crippen LogP contribution < -0.4 is 0 Å². The summed E-state index contributed by atoms with van der Waals surface area (Å²) in [5.41, 5.74) is 2.00. The maximum atomic E-state index is 13.3. The van der Waals surface area contributed by atoms with E-state index in [4.69, 9.17) is 0 Å². The van der Waals surface area contributed by atoms with Crippen LogP contribution in [0.4, 0.5) is 0 Å². The van der Waals surface area contributed by atoms with Crippen molar-refractivity contribution in [3.8, 4) is 5.75 Å². The number of benzene rings is 3. The fourth-order valence-corrected chi connectivity index (χ4v) is 4.56. The molecule has 0 fully saturated rings. The van der Waals surface area contributed by atoms with Crippen molar-refractivity contribution < 1.29 is 13.5 Å². The van der Waals surface area contributed by atoms with Crippen molar-refractivity contribution in [2.75, 3.05) is 0 Å². The van der Waals surface area contributed by atoms with Gasteiger partial charge in [-0.05, 0) is 30.7 Å². The zero-order valence-electron chi connectivity index (χ0n) is 13.3. The molecule has 0 radical (unpaired) electrons. The lowest BCUT2D eigenvalue weighted by Crippen LogP contribution is -2.15. The Hall–Kier alpha value is -2.59. The van der Waals surface area contributed by atoms with E-state index in [9.17, 15) is 13.5 Å². The van der Waals surface area contributed by atoms with Crippen LogP contribution in [-0.4, -0.2) is 13.5 Å². The largest absolute Gasteiger partial charge is 0.508 e. The summed E-state index contributed by atoms with van der Waals surface area (Å²) in [6, 6.07) is 22.3. The van der Waals surface area contributed by atoms with Crippen LogP contribution >= 0.6 is 0 Å². The number of aromatic hydroxyl groups is 1. The molecule has 3 nitrogen and oxygen atoms in total. The molecule has 122 valence electrons. The fourth-order valence-electron chi connectivity index (χ4n) is 2.73. The Bertz CT molecular complexity index is 930. The summed E-state index contributed by atoms with van der Waals surface area (Å²) in [7, 11) is -3.71. The van der Waals surface area contributed by atoms with Crippen molar-refractivity contribution in [2.45, 2.75) is 17.1 Å². The van der Waals surface area contributed by atoms with Gasteiger partial charge in [0.05, 0.1) is 4.90 Å². The molecule has 1 unspecified atom stereocenters. The third kappa shape index (κ3) is 3.05. The van der Waals surface area contributed by atoms with Gasteiger partial charge in [-0.1, -0.05) is 66.2 Å². The zero-order valence-corrected chi connectivity index (χ0v) is 14.1. The van der Waals surface area contributed by atoms with Gasteiger partial charge in [-0.15, -0.1) is 0 Å². The number of hydrogen-bond donors (Lipinski definition) is 1. The molecule has 0 spiro atoms. The molecule has 1 atom stereocenters. The van der Waals surface area contributed by atoms with Gasteiger partial charge in [0, 0.05) is 5.56 Å². The number of rotatable bonds is 4. The highest BCUT2D eigenvalue weighted by Crippen LogP contribution is 2.38. The molecule has 3 rings (SSSR count). The fraction of sp³-hybridized carbons (Fsp3) is 0.100. The molecule has 0 heterocycles. The number of para-hydroxylation sites is 1. The standard InChI is InChI=1S/C20H18O3S/c1-15-11-13-17(14-12-15)24(22,23)20(16-7-3-2-4-8-16)18-9-5-6-10-19(18)21/h2-14,20-21H,1H3. The second-order valence-corrected chi connectivity index (χ2v) is 7.74. The van der Waals surface area contributed by atoms with E-state index in [1.807, 2.05) is 13.0 Å². The summed E-state index contributed by atoms with van der Waals surface area (Å²) in [6.45, 7) is 1.91. The molecule has 0 aliphatic heterocycles. The normalized spacial score (nSPS) is 12.7. The van der Waals surface area contributed by atoms with Crippen LogP contribution in [0.2, 0.25) is 0 Å². The molecule has 0 saturated carbocycles. The van der Waals surface area contributed by atoms with Crippen LogP contribution in [0.1, 0.15) is 21.9 Å². The molecule has 0 aromatic heterocycles. The zero-order chi connectivity index (χ0) is 17.2. The van der Waals surface area contributed by atoms with Gasteiger partial charge in [-0.2, -0.15) is 0 Å². The highest BCUT2D eigenvalue weighted by Gasteiger charge is 2.32. The maximum Gasteiger partial charge on any atom is 0.189 e. The van der Waals surface area contributed by atoms with Crippen molar-refractivity contribution in [1.29, 1.82) is 0 Å². The Kier molecular flexibility index (Phi) is 4.40. The predicted octanol–water partition coefficient (Wildman–Crippen LogP) is 4.26. The van der Waals surface area contributed by atoms with Gasteiger partial charge < -0.3 is 5.11 Å². The molecule has 0 aliphatic carbocycles. The Morgan fingerprint density at radius 1 is 0.792 bits per heavy atom. The Morgan fingerprint density at radius 2 is 1.38 bits per heavy atom. The lowest BCUT2D eigenvalue weighted by Gasteiger charge is -2.20. The molecule has 0 bridgehead atoms. The Balaban J connectivity index is 2.22. The van der Waals surface area contributed by atoms with E-state index in [1.165, 1.54) is 6.07 Å². The summed E-state index contributed by atoms with van der Waals surface area (Å²) in [4.78, 5) is 0.241. The van der Waals surface area contributed by atoms with Crippen LogP contribution in [0.3, 0.4) is 0 Å². The average Bonchev–Trinajstić information content (AvgIpc) is 2.58. The highest BCUT2D eigenvalue weighted by molar-refractivity contribution is 7.92. The third-order valence-electron chi connectivity index (χ3n) is 3.98. The summed E-state index contributed by atoms with van der Waals surface area (Å²) < 4.78 is 26.6. The van der Waals surface area contributed by atoms with E-state index < -0.39 is 15.1 Å². The molecule has 1 N–H and O–H groups in total. The molecule has 4 heteroatoms. The van der Waals surface area contributed by atoms with E-state index in [0.717, 1.165) is 5.56 Å². The molecule has 3 aromatic rings. The van der Waals surface area contributed by atoms with Gasteiger partial charge >= 0.3 is 0 Å². The molecule has 24 heavy (non-hydrogen) atoms. The molecule has 0 aliphatic rings. The number of sulfone groups is 1. The third-order valence-corrected chi connectivity index (χ3v) is 6.06. The second kappa shape index (κ2) is 6.49. The van der Waals surface area contributed by atoms with Gasteiger partial charge in [-0.25, -0.2) is 8.42 Å². The van der Waals surface area contributed by atoms with Crippen LogP contribution in [-0.2, 0) is 9.84 Å². The number of phenols is 1. The number of aryl methyl sites for hydroxylation is 1. The highest BCUT2D eigenvalue weighted by atomic mass is 32.2. The van der Waals surface area contributed by atoms with Crippen molar-refractivity contribution >= 4 is 9.84 Å². The topological polar surface area (TPSA) is 54.4 Å². The first-order valence-electron chi connectivity index (χ1n) is 7.63. The second-order valence-electron chi connectivity index (χ2n) is 5.71. The minimum absolute atomic E-state index is 0.0259. The van der Waals surface area contributed by atoms with Gasteiger partial charge in [0.25, 0.3) is 0 Å². The monoisotopic (exact) mass is 338 g/mol. The van der Waals surface area contributed by atoms with Crippen LogP contribution in [0.15, 0.2) is 83.8 Å². The maximum absolute atomic E-state index is 13.3. The van der Waals surface area contributed by atoms with E-state index in [-0.39, 0.29) is 10.6 Å². The van der Waals surface area contributed by atoms with Crippen LogP contribution in [0.25, 0.3) is 0 Å². The van der Waals surface area contributed by atoms with E-state index in [1.54, 1.807) is 66.7 Å². The molecule has 0 amide bonds. The lowest BCUT2D eigenvalue weighted by molar-refractivity contribution is 0.467. The lowest BCUT2D eigenvalue weighted by atomic mass is 10.0. The van der Waals surface area contributed by atoms with E-state index in [2.05, 4.69) is 0 Å². The Labute approximate surface area is 142 Å². The first-order valence-corrected chi connectivity index (χ1v) is 9.18. The van der Waals surface area contributed by atoms with Crippen molar-refractivity contribution in [3.63, 3.8) is 0 Å². The van der Waals surface area contributed by atoms with E-state index in [0.29, 0.717) is 11.1 Å². The van der Waals surface area contributed by atoms with Gasteiger partial charge in [-0.3, -0.25) is 0 Å². The van der Waals surface area contributed by atoms with Crippen molar-refractivity contribution in [1.82, 2.24) is 0 Å². The first-order chi connectivity index (χ1) is 11.5. The van der Waals surface area contributed by atoms with Crippen LogP contribution in [0.5, 0.6) is 5.75 Å². The summed E-state index contributed by atoms with van der Waals surface area (Å²) >= 11 is 0. The van der Waals surface area contributed by atoms with E-state index >= 15 is 0 Å². The average molecular weight is 338 g/mol. The summed E-state index contributed by atoms with van der Waals surface area (Å²) in [6.07, 6.45) is 0. The smallest absolute Gasteiger partial charge is 0.189 e. The summed E-state index contributed by atoms with van der Waals surface area (Å²) in [5, 5.41) is 9.28. The predicted molar refractivity (Wildman–Crippen MR) is 94.8 cm³/mol. The number of hydrogen-bond acceptors (Lipinski definition) is 3. The minimum atomic E-state index is -3.71. The van der Waals surface area contributed by atoms with Gasteiger partial charge in [0.15, 0.2) is 9.84 Å². The van der Waals surface area contributed by atoms with Crippen molar-refractivity contribution in [3.05, 3.63) is 95.6 Å². The Morgan fingerprint density at radius 3 is 2.00 bits per heavy atom. The minimum Gasteiger partial charge on any atom is -0.508 e. The molecule has 0 saturated heterocycles. The number of phenolic OH excluding ortho intramolecular Hbond substituents is 1. The van der Waals surface area contributed by atoms with Gasteiger partial charge in [0.2, 0.25) is 0 Å². The SMILES string of the molecule is Cc1ccc(S(=O)(=O)C(c2ccccc2)c2ccccc2O)cc1. The molecular weight excluding hydrogens is 320 g/mol. The quantitative estimate of drug-likeness (QED) is 0.773. The van der Waals surface area contributed by atoms with Crippen molar-refractivity contribution in [2.24, 2.45) is 0 Å². The first kappa shape index (κ1) is 16.3.